The third-order valence-corrected chi connectivity index (χ3v) is 3.89. The number of hydrogen-bond donors (Lipinski definition) is 1. The molecule has 1 aromatic rings. The summed E-state index contributed by atoms with van der Waals surface area (Å²) in [6.07, 6.45) is 4.73. The molecule has 2 unspecified atom stereocenters. The fourth-order valence-corrected chi connectivity index (χ4v) is 2.78. The highest BCUT2D eigenvalue weighted by Crippen LogP contribution is 2.26. The number of ether oxygens (including phenoxy) is 1. The molecule has 0 spiro atoms. The zero-order chi connectivity index (χ0) is 13.7. The second-order valence-electron chi connectivity index (χ2n) is 5.00. The highest BCUT2D eigenvalue weighted by molar-refractivity contribution is 6.30. The van der Waals surface area contributed by atoms with Gasteiger partial charge in [0.1, 0.15) is 5.82 Å². The van der Waals surface area contributed by atoms with E-state index in [1.807, 2.05) is 6.07 Å². The SMILES string of the molecule is CCNC(CCC1CCCO1)c1ccc(F)c(Cl)c1. The molecule has 1 N–H and O–H groups in total. The molecule has 1 fully saturated rings. The number of nitrogens with one attached hydrogen (secondary N) is 1. The standard InChI is InChI=1S/C15H21ClFNO/c1-2-18-15(8-6-12-4-3-9-19-12)11-5-7-14(17)13(16)10-11/h5,7,10,12,15,18H,2-4,6,8-9H2,1H3. The van der Waals surface area contributed by atoms with E-state index in [0.29, 0.717) is 6.10 Å². The largest absolute Gasteiger partial charge is 0.378 e. The molecule has 0 aliphatic carbocycles. The molecule has 1 saturated heterocycles. The maximum Gasteiger partial charge on any atom is 0.141 e. The lowest BCUT2D eigenvalue weighted by atomic mass is 9.99. The van der Waals surface area contributed by atoms with Crippen molar-refractivity contribution in [1.29, 1.82) is 0 Å². The van der Waals surface area contributed by atoms with E-state index in [-0.39, 0.29) is 16.9 Å². The van der Waals surface area contributed by atoms with E-state index in [1.165, 1.54) is 12.5 Å². The first-order valence-electron chi connectivity index (χ1n) is 7.00. The summed E-state index contributed by atoms with van der Waals surface area (Å²) in [5.74, 6) is -0.361. The van der Waals surface area contributed by atoms with Crippen LogP contribution in [0.25, 0.3) is 0 Å². The minimum Gasteiger partial charge on any atom is -0.378 e. The maximum absolute atomic E-state index is 13.2. The number of halogens is 2. The van der Waals surface area contributed by atoms with Crippen molar-refractivity contribution >= 4 is 11.6 Å². The molecule has 0 radical (unpaired) electrons. The highest BCUT2D eigenvalue weighted by Gasteiger charge is 2.19. The van der Waals surface area contributed by atoms with Crippen molar-refractivity contribution in [2.75, 3.05) is 13.2 Å². The lowest BCUT2D eigenvalue weighted by Crippen LogP contribution is -2.22. The predicted molar refractivity (Wildman–Crippen MR) is 76.0 cm³/mol. The summed E-state index contributed by atoms with van der Waals surface area (Å²) in [5.41, 5.74) is 1.05. The van der Waals surface area contributed by atoms with Crippen LogP contribution in [0.2, 0.25) is 5.02 Å². The van der Waals surface area contributed by atoms with Crippen LogP contribution in [-0.4, -0.2) is 19.3 Å². The van der Waals surface area contributed by atoms with Crippen LogP contribution in [-0.2, 0) is 4.74 Å². The Hall–Kier alpha value is -0.640. The van der Waals surface area contributed by atoms with Gasteiger partial charge >= 0.3 is 0 Å². The Morgan fingerprint density at radius 2 is 2.37 bits per heavy atom. The molecule has 1 aliphatic rings. The Morgan fingerprint density at radius 1 is 1.53 bits per heavy atom. The number of rotatable bonds is 6. The third kappa shape index (κ3) is 4.16. The first kappa shape index (κ1) is 14.8. The molecule has 1 aliphatic heterocycles. The van der Waals surface area contributed by atoms with Crippen LogP contribution < -0.4 is 5.32 Å². The molecule has 0 saturated carbocycles. The first-order valence-corrected chi connectivity index (χ1v) is 7.38. The minimum atomic E-state index is -0.361. The summed E-state index contributed by atoms with van der Waals surface area (Å²) in [6, 6.07) is 5.19. The van der Waals surface area contributed by atoms with Gasteiger partial charge in [0.15, 0.2) is 0 Å². The van der Waals surface area contributed by atoms with Crippen molar-refractivity contribution in [1.82, 2.24) is 5.32 Å². The van der Waals surface area contributed by atoms with Crippen LogP contribution >= 0.6 is 11.6 Å². The Balaban J connectivity index is 1.99. The molecular formula is C15H21ClFNO. The molecule has 0 aromatic heterocycles. The molecule has 1 heterocycles. The van der Waals surface area contributed by atoms with Gasteiger partial charge in [-0.2, -0.15) is 0 Å². The molecule has 4 heteroatoms. The van der Waals surface area contributed by atoms with Gasteiger partial charge in [-0.15, -0.1) is 0 Å². The smallest absolute Gasteiger partial charge is 0.141 e. The summed E-state index contributed by atoms with van der Waals surface area (Å²) in [7, 11) is 0. The van der Waals surface area contributed by atoms with E-state index in [4.69, 9.17) is 16.3 Å². The molecule has 2 nitrogen and oxygen atoms in total. The van der Waals surface area contributed by atoms with Gasteiger partial charge < -0.3 is 10.1 Å². The zero-order valence-corrected chi connectivity index (χ0v) is 12.0. The number of benzene rings is 1. The van der Waals surface area contributed by atoms with Crippen molar-refractivity contribution in [2.45, 2.75) is 44.8 Å². The molecule has 0 amide bonds. The summed E-state index contributed by atoms with van der Waals surface area (Å²) < 4.78 is 18.9. The van der Waals surface area contributed by atoms with Crippen molar-refractivity contribution in [2.24, 2.45) is 0 Å². The topological polar surface area (TPSA) is 21.3 Å². The summed E-state index contributed by atoms with van der Waals surface area (Å²) in [6.45, 7) is 3.84. The van der Waals surface area contributed by atoms with E-state index < -0.39 is 0 Å². The van der Waals surface area contributed by atoms with Gasteiger partial charge in [0.2, 0.25) is 0 Å². The molecule has 106 valence electrons. The van der Waals surface area contributed by atoms with E-state index in [1.54, 1.807) is 6.07 Å². The van der Waals surface area contributed by atoms with Crippen LogP contribution in [0.4, 0.5) is 4.39 Å². The lowest BCUT2D eigenvalue weighted by molar-refractivity contribution is 0.0996. The number of hydrogen-bond acceptors (Lipinski definition) is 2. The van der Waals surface area contributed by atoms with Gasteiger partial charge in [0.25, 0.3) is 0 Å². The summed E-state index contributed by atoms with van der Waals surface area (Å²) in [5, 5.41) is 3.63. The van der Waals surface area contributed by atoms with Gasteiger partial charge in [-0.1, -0.05) is 24.6 Å². The molecule has 1 aromatic carbocycles. The lowest BCUT2D eigenvalue weighted by Gasteiger charge is -2.20. The highest BCUT2D eigenvalue weighted by atomic mass is 35.5. The van der Waals surface area contributed by atoms with Crippen LogP contribution in [0.1, 0.15) is 44.2 Å². The normalized spacial score (nSPS) is 20.7. The van der Waals surface area contributed by atoms with Crippen LogP contribution in [0.3, 0.4) is 0 Å². The molecule has 0 bridgehead atoms. The Morgan fingerprint density at radius 3 is 3.00 bits per heavy atom. The van der Waals surface area contributed by atoms with Gasteiger partial charge in [0.05, 0.1) is 11.1 Å². The summed E-state index contributed by atoms with van der Waals surface area (Å²) in [4.78, 5) is 0. The van der Waals surface area contributed by atoms with Crippen LogP contribution in [0, 0.1) is 5.82 Å². The van der Waals surface area contributed by atoms with Crippen molar-refractivity contribution in [3.05, 3.63) is 34.6 Å². The van der Waals surface area contributed by atoms with E-state index in [9.17, 15) is 4.39 Å². The van der Waals surface area contributed by atoms with Crippen molar-refractivity contribution in [3.8, 4) is 0 Å². The predicted octanol–water partition coefficient (Wildman–Crippen LogP) is 4.09. The molecule has 2 atom stereocenters. The third-order valence-electron chi connectivity index (χ3n) is 3.60. The van der Waals surface area contributed by atoms with Crippen molar-refractivity contribution in [3.63, 3.8) is 0 Å². The van der Waals surface area contributed by atoms with E-state index in [2.05, 4.69) is 12.2 Å². The molecule has 2 rings (SSSR count). The zero-order valence-electron chi connectivity index (χ0n) is 11.3. The van der Waals surface area contributed by atoms with Gasteiger partial charge in [-0.25, -0.2) is 4.39 Å². The Labute approximate surface area is 119 Å². The average molecular weight is 286 g/mol. The van der Waals surface area contributed by atoms with Gasteiger partial charge in [-0.05, 0) is 49.9 Å². The van der Waals surface area contributed by atoms with Gasteiger partial charge in [0, 0.05) is 12.6 Å². The van der Waals surface area contributed by atoms with Crippen LogP contribution in [0.5, 0.6) is 0 Å². The quantitative estimate of drug-likeness (QED) is 0.850. The monoisotopic (exact) mass is 285 g/mol. The fraction of sp³-hybridized carbons (Fsp3) is 0.600. The van der Waals surface area contributed by atoms with Gasteiger partial charge in [-0.3, -0.25) is 0 Å². The molecular weight excluding hydrogens is 265 g/mol. The summed E-state index contributed by atoms with van der Waals surface area (Å²) >= 11 is 5.86. The van der Waals surface area contributed by atoms with Crippen molar-refractivity contribution < 1.29 is 9.13 Å². The second-order valence-corrected chi connectivity index (χ2v) is 5.40. The average Bonchev–Trinajstić information content (AvgIpc) is 2.91. The van der Waals surface area contributed by atoms with Crippen LogP contribution in [0.15, 0.2) is 18.2 Å². The Kier molecular flexibility index (Phi) is 5.61. The fourth-order valence-electron chi connectivity index (χ4n) is 2.59. The van der Waals surface area contributed by atoms with E-state index >= 15 is 0 Å². The molecule has 19 heavy (non-hydrogen) atoms. The maximum atomic E-state index is 13.2. The minimum absolute atomic E-state index is 0.192. The van der Waals surface area contributed by atoms with E-state index in [0.717, 1.165) is 38.0 Å². The second kappa shape index (κ2) is 7.22. The first-order chi connectivity index (χ1) is 9.20. The Bertz CT molecular complexity index is 407.